The van der Waals surface area contributed by atoms with Crippen LogP contribution < -0.4 is 0 Å². The van der Waals surface area contributed by atoms with Crippen LogP contribution >= 0.6 is 24.8 Å². The molecule has 9 aromatic carbocycles. The molecule has 0 atom stereocenters. The normalized spacial score (nSPS) is 9.83. The summed E-state index contributed by atoms with van der Waals surface area (Å²) in [6, 6.07) is 62.6. The van der Waals surface area contributed by atoms with E-state index in [1.807, 2.05) is 30.3 Å². The van der Waals surface area contributed by atoms with Gasteiger partial charge in [0.05, 0.1) is 0 Å². The van der Waals surface area contributed by atoms with E-state index in [0.29, 0.717) is 0 Å². The van der Waals surface area contributed by atoms with Crippen LogP contribution in [0.5, 0.6) is 0 Å². The van der Waals surface area contributed by atoms with E-state index in [0.717, 1.165) is 0 Å². The summed E-state index contributed by atoms with van der Waals surface area (Å²) in [5, 5.41) is 13.4. The molecule has 0 aliphatic heterocycles. The van der Waals surface area contributed by atoms with Gasteiger partial charge in [-0.2, -0.15) is 48.0 Å². The van der Waals surface area contributed by atoms with E-state index < -0.39 is 0 Å². The van der Waals surface area contributed by atoms with Crippen molar-refractivity contribution >= 4 is 85.6 Å². The summed E-state index contributed by atoms with van der Waals surface area (Å²) in [5.74, 6) is 0. The van der Waals surface area contributed by atoms with Crippen molar-refractivity contribution in [2.45, 2.75) is 6.92 Å². The first kappa shape index (κ1) is 38.7. The molecule has 0 amide bonds. The Bertz CT molecular complexity index is 2260. The van der Waals surface area contributed by atoms with Gasteiger partial charge < -0.3 is 7.43 Å². The van der Waals surface area contributed by atoms with E-state index in [4.69, 9.17) is 0 Å². The Morgan fingerprint density at radius 1 is 0.521 bits per heavy atom. The fourth-order valence-electron chi connectivity index (χ4n) is 6.19. The Labute approximate surface area is 313 Å². The molecule has 0 fully saturated rings. The van der Waals surface area contributed by atoms with Crippen LogP contribution in [0.25, 0.3) is 65.0 Å². The second kappa shape index (κ2) is 18.7. The van der Waals surface area contributed by atoms with E-state index in [2.05, 4.69) is 159 Å². The van der Waals surface area contributed by atoms with Gasteiger partial charge in [-0.25, -0.2) is 0 Å². The van der Waals surface area contributed by atoms with E-state index in [-0.39, 0.29) is 32.2 Å². The van der Waals surface area contributed by atoms with E-state index in [1.54, 1.807) is 0 Å². The van der Waals surface area contributed by atoms with Crippen molar-refractivity contribution in [3.63, 3.8) is 0 Å². The molecule has 0 aliphatic rings. The minimum Gasteiger partial charge on any atom is -0.184 e. The monoisotopic (exact) mass is 752 g/mol. The van der Waals surface area contributed by atoms with Gasteiger partial charge in [0.25, 0.3) is 0 Å². The molecule has 2 radical (unpaired) electrons. The van der Waals surface area contributed by atoms with Crippen molar-refractivity contribution in [3.8, 4) is 11.1 Å². The van der Waals surface area contributed by atoms with Crippen LogP contribution in [0.2, 0.25) is 0 Å². The Hall–Kier alpha value is -3.78. The third kappa shape index (κ3) is 8.25. The van der Waals surface area contributed by atoms with Crippen LogP contribution in [0.1, 0.15) is 5.56 Å². The zero-order chi connectivity index (χ0) is 31.0. The quantitative estimate of drug-likeness (QED) is 0.0889. The van der Waals surface area contributed by atoms with Crippen LogP contribution in [-0.4, -0.2) is 6.88 Å². The smallest absolute Gasteiger partial charge is 0.0771 e. The van der Waals surface area contributed by atoms with Crippen molar-refractivity contribution in [1.29, 1.82) is 0 Å². The van der Waals surface area contributed by atoms with Crippen LogP contribution in [0.3, 0.4) is 0 Å². The molecular weight excluding hydrogens is 719 g/mol. The first-order valence-corrected chi connectivity index (χ1v) is 19.2. The van der Waals surface area contributed by atoms with E-state index in [1.165, 1.54) is 93.9 Å². The van der Waals surface area contributed by atoms with Gasteiger partial charge in [0, 0.05) is 0 Å². The number of benzene rings is 7. The predicted molar refractivity (Wildman–Crippen MR) is 214 cm³/mol. The number of halogens is 2. The molecule has 0 bridgehead atoms. The average molecular weight is 755 g/mol. The minimum absolute atomic E-state index is 0. The summed E-state index contributed by atoms with van der Waals surface area (Å²) >= 11 is 1.36. The third-order valence-electron chi connectivity index (χ3n) is 8.19. The Morgan fingerprint density at radius 3 is 1.62 bits per heavy atom. The molecule has 0 heterocycles. The molecule has 0 spiro atoms. The van der Waals surface area contributed by atoms with Crippen LogP contribution in [0.15, 0.2) is 170 Å². The summed E-state index contributed by atoms with van der Waals surface area (Å²) in [7, 11) is 0. The number of aryl methyl sites for hydroxylation is 1. The number of hydrogen-bond donors (Lipinski definition) is 0. The number of rotatable bonds is 1. The predicted octanol–water partition coefficient (Wildman–Crippen LogP) is 12.9. The third-order valence-corrected chi connectivity index (χ3v) is 8.19. The van der Waals surface area contributed by atoms with Crippen molar-refractivity contribution in [2.24, 2.45) is 0 Å². The molecule has 0 N–H and O–H groups in total. The Balaban J connectivity index is 0.000000220. The molecule has 0 aliphatic carbocycles. The van der Waals surface area contributed by atoms with Gasteiger partial charge in [0.15, 0.2) is 0 Å². The van der Waals surface area contributed by atoms with Crippen molar-refractivity contribution < 1.29 is 23.3 Å². The largest absolute Gasteiger partial charge is 0.184 e. The summed E-state index contributed by atoms with van der Waals surface area (Å²) in [4.78, 5) is 0. The summed E-state index contributed by atoms with van der Waals surface area (Å²) in [6.45, 7) is 5.27. The molecule has 238 valence electrons. The maximum absolute atomic E-state index is 3.06. The summed E-state index contributed by atoms with van der Waals surface area (Å²) in [5.41, 5.74) is 4.00. The van der Waals surface area contributed by atoms with Crippen molar-refractivity contribution in [1.82, 2.24) is 0 Å². The molecular formula is C44H36Cl2SiZr-4. The first-order chi connectivity index (χ1) is 22.3. The first-order valence-electron chi connectivity index (χ1n) is 15.0. The molecule has 0 nitrogen and oxygen atoms in total. The summed E-state index contributed by atoms with van der Waals surface area (Å²) < 4.78 is 0. The van der Waals surface area contributed by atoms with Gasteiger partial charge in [-0.15, -0.1) is 93.5 Å². The van der Waals surface area contributed by atoms with E-state index in [9.17, 15) is 0 Å². The SMILES string of the molecule is Cc1c[cH-]c2cccc(-c3cc4ccccc4c4ccccc34)c12.Cl.Cl.[CH3-].[Si]=[Zr].[c-]1ccccc1.c1ccc2c(c1)[cH-]c1ccccc12. The van der Waals surface area contributed by atoms with Gasteiger partial charge in [0.1, 0.15) is 0 Å². The van der Waals surface area contributed by atoms with Gasteiger partial charge in [-0.05, 0) is 33.2 Å². The van der Waals surface area contributed by atoms with Gasteiger partial charge in [-0.1, -0.05) is 103 Å². The molecule has 9 aromatic rings. The molecule has 0 unspecified atom stereocenters. The van der Waals surface area contributed by atoms with Crippen LogP contribution in [-0.2, 0) is 23.3 Å². The van der Waals surface area contributed by atoms with Gasteiger partial charge in [0.2, 0.25) is 0 Å². The van der Waals surface area contributed by atoms with Crippen LogP contribution in [0.4, 0.5) is 0 Å². The molecule has 48 heavy (non-hydrogen) atoms. The number of fused-ring (bicyclic) bond motifs is 7. The molecule has 0 saturated carbocycles. The van der Waals surface area contributed by atoms with Gasteiger partial charge >= 0.3 is 30.2 Å². The Morgan fingerprint density at radius 2 is 1.04 bits per heavy atom. The van der Waals surface area contributed by atoms with Crippen LogP contribution in [0, 0.1) is 20.4 Å². The second-order valence-electron chi connectivity index (χ2n) is 10.9. The van der Waals surface area contributed by atoms with Crippen molar-refractivity contribution in [2.75, 3.05) is 0 Å². The maximum atomic E-state index is 3.06. The molecule has 0 saturated heterocycles. The molecule has 9 rings (SSSR count). The second-order valence-corrected chi connectivity index (χ2v) is 10.9. The molecule has 4 heteroatoms. The zero-order valence-electron chi connectivity index (χ0n) is 27.0. The van der Waals surface area contributed by atoms with E-state index >= 15 is 0 Å². The number of hydrogen-bond acceptors (Lipinski definition) is 0. The average Bonchev–Trinajstić information content (AvgIpc) is 3.70. The maximum Gasteiger partial charge on any atom is -0.0771 e. The standard InChI is InChI=1S/C24H17.C13H9.C6H5.CH3.2ClH.Si.Zr/c1-16-13-14-17-8-6-12-22(24(16)17)23-15-18-7-2-3-9-19(18)20-10-4-5-11-21(20)23;1-3-7-12-10(5-1)9-11-6-2-4-8-13(11)12;1-2-4-6-5-3-1;;;;;/h2-15H,1H3;1-9H;1-5H;1H3;2*1H;;/q4*-1;;;;. The molecule has 0 aromatic heterocycles. The van der Waals surface area contributed by atoms with Crippen molar-refractivity contribution in [3.05, 3.63) is 189 Å². The fourth-order valence-corrected chi connectivity index (χ4v) is 6.19. The Kier molecular flexibility index (Phi) is 15.0. The zero-order valence-corrected chi connectivity index (χ0v) is 32.1. The fraction of sp³-hybridized carbons (Fsp3) is 0.0227. The topological polar surface area (TPSA) is 0 Å². The summed E-state index contributed by atoms with van der Waals surface area (Å²) in [6.07, 6.45) is 0. The van der Waals surface area contributed by atoms with Gasteiger partial charge in [-0.3, -0.25) is 0 Å². The minimum atomic E-state index is 0.